The largest absolute Gasteiger partial charge is 0.416 e. The van der Waals surface area contributed by atoms with Crippen LogP contribution < -0.4 is 11.5 Å². The van der Waals surface area contributed by atoms with E-state index in [-0.39, 0.29) is 18.2 Å². The van der Waals surface area contributed by atoms with Gasteiger partial charge in [0.05, 0.1) is 5.56 Å². The van der Waals surface area contributed by atoms with Crippen LogP contribution in [-0.2, 0) is 11.6 Å². The van der Waals surface area contributed by atoms with Gasteiger partial charge in [0.2, 0.25) is 5.41 Å². The summed E-state index contributed by atoms with van der Waals surface area (Å²) in [7, 11) is 0. The number of benzene rings is 2. The van der Waals surface area contributed by atoms with Crippen LogP contribution in [0.2, 0.25) is 0 Å². The molecule has 27 heavy (non-hydrogen) atoms. The quantitative estimate of drug-likeness (QED) is 0.531. The Bertz CT molecular complexity index is 821. The van der Waals surface area contributed by atoms with Gasteiger partial charge in [-0.2, -0.15) is 39.5 Å². The van der Waals surface area contributed by atoms with Gasteiger partial charge < -0.3 is 11.5 Å². The van der Waals surface area contributed by atoms with Crippen LogP contribution in [0.1, 0.15) is 16.7 Å². The molecule has 0 aromatic heterocycles. The van der Waals surface area contributed by atoms with Gasteiger partial charge in [0.25, 0.3) is 0 Å². The van der Waals surface area contributed by atoms with Gasteiger partial charge in [0.1, 0.15) is 0 Å². The van der Waals surface area contributed by atoms with E-state index in [4.69, 9.17) is 11.5 Å². The summed E-state index contributed by atoms with van der Waals surface area (Å²) in [5.41, 5.74) is -0.407. The molecule has 0 heterocycles. The van der Waals surface area contributed by atoms with Gasteiger partial charge in [0, 0.05) is 11.4 Å². The highest BCUT2D eigenvalue weighted by molar-refractivity contribution is 5.55. The molecule has 0 aliphatic rings. The van der Waals surface area contributed by atoms with Crippen LogP contribution in [0.4, 0.5) is 50.9 Å². The standard InChI is InChI=1S/C16H11F9N2/c17-14(18,19)10-4-9(6-12(27)7-10)13(15(20,21)22,16(23,24)25)8-2-1-3-11(26)5-8/h1-7H,26-27H2. The fourth-order valence-electron chi connectivity index (χ4n) is 2.79. The van der Waals surface area contributed by atoms with Crippen molar-refractivity contribution in [1.82, 2.24) is 0 Å². The Kier molecular flexibility index (Phi) is 4.79. The molecule has 148 valence electrons. The second kappa shape index (κ2) is 6.24. The van der Waals surface area contributed by atoms with Crippen LogP contribution in [0.25, 0.3) is 0 Å². The Balaban J connectivity index is 3.01. The third-order valence-electron chi connectivity index (χ3n) is 3.89. The normalized spacial score (nSPS) is 13.7. The Morgan fingerprint density at radius 2 is 1.04 bits per heavy atom. The number of rotatable bonds is 2. The minimum Gasteiger partial charge on any atom is -0.399 e. The number of hydrogen-bond donors (Lipinski definition) is 2. The summed E-state index contributed by atoms with van der Waals surface area (Å²) in [5.74, 6) is 0. The van der Waals surface area contributed by atoms with Crippen LogP contribution in [0.15, 0.2) is 42.5 Å². The maximum atomic E-state index is 13.9. The summed E-state index contributed by atoms with van der Waals surface area (Å²) in [6, 6.07) is 3.06. The Labute approximate surface area is 146 Å². The summed E-state index contributed by atoms with van der Waals surface area (Å²) in [6.45, 7) is 0. The van der Waals surface area contributed by atoms with Crippen molar-refractivity contribution in [1.29, 1.82) is 0 Å². The molecular formula is C16H11F9N2. The van der Waals surface area contributed by atoms with Crippen LogP contribution >= 0.6 is 0 Å². The second-order valence-electron chi connectivity index (χ2n) is 5.71. The topological polar surface area (TPSA) is 52.0 Å². The predicted octanol–water partition coefficient (Wildman–Crippen LogP) is 5.28. The van der Waals surface area contributed by atoms with E-state index in [1.165, 1.54) is 0 Å². The monoisotopic (exact) mass is 402 g/mol. The molecule has 2 aromatic rings. The average molecular weight is 402 g/mol. The van der Waals surface area contributed by atoms with Crippen LogP contribution in [0.5, 0.6) is 0 Å². The molecule has 0 unspecified atom stereocenters. The first-order chi connectivity index (χ1) is 12.1. The molecule has 2 aromatic carbocycles. The molecule has 0 amide bonds. The first kappa shape index (κ1) is 20.7. The van der Waals surface area contributed by atoms with Gasteiger partial charge in [-0.05, 0) is 41.5 Å². The van der Waals surface area contributed by atoms with Gasteiger partial charge in [-0.15, -0.1) is 0 Å². The van der Waals surface area contributed by atoms with Crippen molar-refractivity contribution < 1.29 is 39.5 Å². The van der Waals surface area contributed by atoms with Crippen molar-refractivity contribution in [3.05, 3.63) is 59.2 Å². The van der Waals surface area contributed by atoms with E-state index in [0.29, 0.717) is 12.1 Å². The zero-order valence-corrected chi connectivity index (χ0v) is 13.1. The summed E-state index contributed by atoms with van der Waals surface area (Å²) in [5, 5.41) is 0. The maximum Gasteiger partial charge on any atom is 0.416 e. The molecule has 0 saturated carbocycles. The lowest BCUT2D eigenvalue weighted by Crippen LogP contribution is -2.55. The first-order valence-electron chi connectivity index (χ1n) is 7.08. The third-order valence-corrected chi connectivity index (χ3v) is 3.89. The lowest BCUT2D eigenvalue weighted by atomic mass is 9.72. The number of halogens is 9. The van der Waals surface area contributed by atoms with Crippen molar-refractivity contribution in [2.24, 2.45) is 0 Å². The van der Waals surface area contributed by atoms with E-state index in [1.807, 2.05) is 0 Å². The lowest BCUT2D eigenvalue weighted by molar-refractivity contribution is -0.288. The summed E-state index contributed by atoms with van der Waals surface area (Å²) in [6.07, 6.45) is -17.3. The molecule has 0 bridgehead atoms. The van der Waals surface area contributed by atoms with Crippen molar-refractivity contribution >= 4 is 11.4 Å². The fraction of sp³-hybridized carbons (Fsp3) is 0.250. The van der Waals surface area contributed by atoms with Gasteiger partial charge >= 0.3 is 18.5 Å². The molecular weight excluding hydrogens is 391 g/mol. The van der Waals surface area contributed by atoms with Crippen molar-refractivity contribution in [2.45, 2.75) is 23.9 Å². The zero-order chi connectivity index (χ0) is 20.8. The summed E-state index contributed by atoms with van der Waals surface area (Å²) in [4.78, 5) is 0. The highest BCUT2D eigenvalue weighted by Crippen LogP contribution is 2.57. The van der Waals surface area contributed by atoms with E-state index in [2.05, 4.69) is 0 Å². The van der Waals surface area contributed by atoms with Gasteiger partial charge in [-0.1, -0.05) is 12.1 Å². The number of hydrogen-bond acceptors (Lipinski definition) is 2. The van der Waals surface area contributed by atoms with Crippen LogP contribution in [0, 0.1) is 0 Å². The zero-order valence-electron chi connectivity index (χ0n) is 13.1. The second-order valence-corrected chi connectivity index (χ2v) is 5.71. The average Bonchev–Trinajstić information content (AvgIpc) is 2.43. The van der Waals surface area contributed by atoms with Gasteiger partial charge in [-0.3, -0.25) is 0 Å². The number of nitrogen functional groups attached to an aromatic ring is 2. The number of nitrogens with two attached hydrogens (primary N) is 2. The van der Waals surface area contributed by atoms with E-state index in [9.17, 15) is 39.5 Å². The number of anilines is 2. The molecule has 2 rings (SSSR count). The number of alkyl halides is 9. The minimum absolute atomic E-state index is 0.208. The Morgan fingerprint density at radius 3 is 1.48 bits per heavy atom. The van der Waals surface area contributed by atoms with Crippen molar-refractivity contribution in [2.75, 3.05) is 11.5 Å². The molecule has 0 spiro atoms. The first-order valence-corrected chi connectivity index (χ1v) is 7.08. The smallest absolute Gasteiger partial charge is 0.399 e. The highest BCUT2D eigenvalue weighted by atomic mass is 19.4. The molecule has 11 heteroatoms. The summed E-state index contributed by atoms with van der Waals surface area (Å²) < 4.78 is 122. The van der Waals surface area contributed by atoms with Crippen molar-refractivity contribution in [3.8, 4) is 0 Å². The van der Waals surface area contributed by atoms with E-state index in [0.717, 1.165) is 12.1 Å². The molecule has 0 aliphatic heterocycles. The van der Waals surface area contributed by atoms with E-state index in [1.54, 1.807) is 0 Å². The molecule has 0 fully saturated rings. The Morgan fingerprint density at radius 1 is 0.556 bits per heavy atom. The molecule has 0 atom stereocenters. The van der Waals surface area contributed by atoms with Crippen molar-refractivity contribution in [3.63, 3.8) is 0 Å². The Hall–Kier alpha value is -2.59. The maximum absolute atomic E-state index is 13.9. The molecule has 0 radical (unpaired) electrons. The van der Waals surface area contributed by atoms with Crippen LogP contribution in [-0.4, -0.2) is 12.4 Å². The van der Waals surface area contributed by atoms with E-state index < -0.39 is 52.0 Å². The molecule has 0 saturated heterocycles. The molecule has 2 nitrogen and oxygen atoms in total. The lowest BCUT2D eigenvalue weighted by Gasteiger charge is -2.38. The molecule has 0 aliphatic carbocycles. The minimum atomic E-state index is -6.05. The van der Waals surface area contributed by atoms with E-state index >= 15 is 0 Å². The fourth-order valence-corrected chi connectivity index (χ4v) is 2.79. The van der Waals surface area contributed by atoms with Crippen LogP contribution in [0.3, 0.4) is 0 Å². The summed E-state index contributed by atoms with van der Waals surface area (Å²) >= 11 is 0. The highest BCUT2D eigenvalue weighted by Gasteiger charge is 2.72. The predicted molar refractivity (Wildman–Crippen MR) is 79.6 cm³/mol. The molecule has 4 N–H and O–H groups in total. The van der Waals surface area contributed by atoms with Gasteiger partial charge in [0.15, 0.2) is 0 Å². The third kappa shape index (κ3) is 3.50. The van der Waals surface area contributed by atoms with Gasteiger partial charge in [-0.25, -0.2) is 0 Å². The SMILES string of the molecule is Nc1cccc(C(c2cc(N)cc(C(F)(F)F)c2)(C(F)(F)F)C(F)(F)F)c1.